The molecule has 7 heteroatoms. The Hall–Kier alpha value is -2.15. The maximum absolute atomic E-state index is 12.5. The zero-order valence-electron chi connectivity index (χ0n) is 13.3. The molecule has 3 amide bonds. The van der Waals surface area contributed by atoms with E-state index in [0.717, 1.165) is 23.1 Å². The molecule has 1 atom stereocenters. The van der Waals surface area contributed by atoms with E-state index in [1.165, 1.54) is 11.3 Å². The van der Waals surface area contributed by atoms with Crippen LogP contribution in [0.15, 0.2) is 24.3 Å². The molecule has 1 aromatic carbocycles. The number of likely N-dealkylation sites (tertiary alicyclic amines) is 1. The van der Waals surface area contributed by atoms with Crippen LogP contribution in [-0.2, 0) is 4.79 Å². The number of hydrogen-bond acceptors (Lipinski definition) is 4. The zero-order chi connectivity index (χ0) is 16.4. The first-order chi connectivity index (χ1) is 11.0. The van der Waals surface area contributed by atoms with Crippen molar-refractivity contribution in [1.82, 2.24) is 14.8 Å². The molecule has 3 rings (SSSR count). The number of para-hydroxylation sites is 1. The molecule has 0 bridgehead atoms. The molecule has 1 fully saturated rings. The fourth-order valence-corrected chi connectivity index (χ4v) is 3.65. The van der Waals surface area contributed by atoms with E-state index in [2.05, 4.69) is 10.3 Å². The molecule has 2 aromatic rings. The van der Waals surface area contributed by atoms with Crippen LogP contribution in [-0.4, -0.2) is 53.9 Å². The van der Waals surface area contributed by atoms with E-state index in [1.807, 2.05) is 24.3 Å². The summed E-state index contributed by atoms with van der Waals surface area (Å²) in [6.45, 7) is 1.18. The fourth-order valence-electron chi connectivity index (χ4n) is 2.78. The summed E-state index contributed by atoms with van der Waals surface area (Å²) >= 11 is 1.47. The van der Waals surface area contributed by atoms with Gasteiger partial charge in [0, 0.05) is 27.2 Å². The van der Waals surface area contributed by atoms with Gasteiger partial charge in [-0.1, -0.05) is 23.5 Å². The minimum atomic E-state index is -0.181. The number of thiazole rings is 1. The highest BCUT2D eigenvalue weighted by molar-refractivity contribution is 7.22. The maximum Gasteiger partial charge on any atom is 0.319 e. The highest BCUT2D eigenvalue weighted by Crippen LogP contribution is 2.26. The first-order valence-corrected chi connectivity index (χ1v) is 8.49. The predicted molar refractivity (Wildman–Crippen MR) is 91.6 cm³/mol. The van der Waals surface area contributed by atoms with Crippen molar-refractivity contribution in [2.75, 3.05) is 32.5 Å². The summed E-state index contributed by atoms with van der Waals surface area (Å²) < 4.78 is 1.05. The highest BCUT2D eigenvalue weighted by Gasteiger charge is 2.29. The second-order valence-electron chi connectivity index (χ2n) is 5.94. The maximum atomic E-state index is 12.5. The molecule has 0 radical (unpaired) electrons. The third kappa shape index (κ3) is 3.44. The number of amides is 3. The van der Waals surface area contributed by atoms with Gasteiger partial charge in [0.05, 0.1) is 16.1 Å². The number of fused-ring (bicyclic) bond motifs is 1. The average Bonchev–Trinajstić information content (AvgIpc) is 2.96. The Labute approximate surface area is 139 Å². The van der Waals surface area contributed by atoms with E-state index in [-0.39, 0.29) is 17.9 Å². The highest BCUT2D eigenvalue weighted by atomic mass is 32.1. The molecule has 1 aliphatic heterocycles. The molecular formula is C16H20N4O2S. The molecule has 6 nitrogen and oxygen atoms in total. The molecule has 0 saturated carbocycles. The van der Waals surface area contributed by atoms with Crippen LogP contribution in [0.25, 0.3) is 10.2 Å². The Bertz CT molecular complexity index is 695. The van der Waals surface area contributed by atoms with Crippen molar-refractivity contribution in [3.63, 3.8) is 0 Å². The quantitative estimate of drug-likeness (QED) is 0.919. The third-order valence-electron chi connectivity index (χ3n) is 3.97. The van der Waals surface area contributed by atoms with Gasteiger partial charge in [-0.2, -0.15) is 0 Å². The van der Waals surface area contributed by atoms with Crippen LogP contribution in [0, 0.1) is 5.92 Å². The van der Waals surface area contributed by atoms with E-state index in [1.54, 1.807) is 23.9 Å². The first-order valence-electron chi connectivity index (χ1n) is 7.67. The second kappa shape index (κ2) is 6.54. The van der Waals surface area contributed by atoms with Crippen LogP contribution in [0.1, 0.15) is 12.8 Å². The second-order valence-corrected chi connectivity index (χ2v) is 6.97. The van der Waals surface area contributed by atoms with Crippen molar-refractivity contribution >= 4 is 38.6 Å². The standard InChI is InChI=1S/C16H20N4O2S/c1-19(2)16(22)20-9-5-6-11(10-20)14(21)18-15-17-12-7-3-4-8-13(12)23-15/h3-4,7-8,11H,5-6,9-10H2,1-2H3,(H,17,18,21)/t11-/m1/s1. The lowest BCUT2D eigenvalue weighted by Crippen LogP contribution is -2.47. The summed E-state index contributed by atoms with van der Waals surface area (Å²) in [5.41, 5.74) is 0.890. The van der Waals surface area contributed by atoms with Gasteiger partial charge in [0.1, 0.15) is 0 Å². The van der Waals surface area contributed by atoms with Crippen LogP contribution in [0.3, 0.4) is 0 Å². The number of rotatable bonds is 2. The Morgan fingerprint density at radius 3 is 2.87 bits per heavy atom. The van der Waals surface area contributed by atoms with Crippen molar-refractivity contribution in [2.45, 2.75) is 12.8 Å². The number of benzene rings is 1. The molecule has 0 spiro atoms. The first kappa shape index (κ1) is 15.7. The van der Waals surface area contributed by atoms with Gasteiger partial charge in [0.25, 0.3) is 0 Å². The van der Waals surface area contributed by atoms with E-state index in [4.69, 9.17) is 0 Å². The van der Waals surface area contributed by atoms with E-state index < -0.39 is 0 Å². The van der Waals surface area contributed by atoms with Gasteiger partial charge in [0.2, 0.25) is 5.91 Å². The Morgan fingerprint density at radius 1 is 1.35 bits per heavy atom. The van der Waals surface area contributed by atoms with Crippen LogP contribution < -0.4 is 5.32 Å². The van der Waals surface area contributed by atoms with Gasteiger partial charge >= 0.3 is 6.03 Å². The third-order valence-corrected chi connectivity index (χ3v) is 4.92. The Kier molecular flexibility index (Phi) is 4.47. The van der Waals surface area contributed by atoms with Crippen LogP contribution in [0.4, 0.5) is 9.93 Å². The number of carbonyl (C=O) groups is 2. The van der Waals surface area contributed by atoms with Gasteiger partial charge in [-0.3, -0.25) is 4.79 Å². The van der Waals surface area contributed by atoms with E-state index in [0.29, 0.717) is 18.2 Å². The number of carbonyl (C=O) groups excluding carboxylic acids is 2. The average molecular weight is 332 g/mol. The van der Waals surface area contributed by atoms with Crippen LogP contribution >= 0.6 is 11.3 Å². The smallest absolute Gasteiger partial charge is 0.319 e. The topological polar surface area (TPSA) is 65.5 Å². The summed E-state index contributed by atoms with van der Waals surface area (Å²) in [5, 5.41) is 3.52. The zero-order valence-corrected chi connectivity index (χ0v) is 14.1. The van der Waals surface area contributed by atoms with E-state index >= 15 is 0 Å². The molecule has 0 unspecified atom stereocenters. The van der Waals surface area contributed by atoms with Crippen LogP contribution in [0.5, 0.6) is 0 Å². The van der Waals surface area contributed by atoms with Gasteiger partial charge in [-0.15, -0.1) is 0 Å². The molecule has 2 heterocycles. The van der Waals surface area contributed by atoms with Gasteiger partial charge in [-0.05, 0) is 25.0 Å². The molecule has 1 saturated heterocycles. The molecular weight excluding hydrogens is 312 g/mol. The lowest BCUT2D eigenvalue weighted by atomic mass is 9.97. The summed E-state index contributed by atoms with van der Waals surface area (Å²) in [6, 6.07) is 7.76. The van der Waals surface area contributed by atoms with Gasteiger partial charge < -0.3 is 15.1 Å². The van der Waals surface area contributed by atoms with Crippen LogP contribution in [0.2, 0.25) is 0 Å². The molecule has 1 N–H and O–H groups in total. The number of anilines is 1. The Balaban J connectivity index is 1.66. The minimum absolute atomic E-state index is 0.0394. The number of piperidine rings is 1. The van der Waals surface area contributed by atoms with Crippen molar-refractivity contribution in [3.8, 4) is 0 Å². The SMILES string of the molecule is CN(C)C(=O)N1CCC[C@@H](C(=O)Nc2nc3ccccc3s2)C1. The number of aromatic nitrogens is 1. The number of nitrogens with one attached hydrogen (secondary N) is 1. The molecule has 1 aliphatic rings. The molecule has 23 heavy (non-hydrogen) atoms. The van der Waals surface area contributed by atoms with Gasteiger partial charge in [-0.25, -0.2) is 9.78 Å². The number of hydrogen-bond donors (Lipinski definition) is 1. The summed E-state index contributed by atoms with van der Waals surface area (Å²) in [5.74, 6) is -0.236. The van der Waals surface area contributed by atoms with Crippen molar-refractivity contribution in [1.29, 1.82) is 0 Å². The number of urea groups is 1. The lowest BCUT2D eigenvalue weighted by molar-refractivity contribution is -0.121. The Morgan fingerprint density at radius 2 is 2.13 bits per heavy atom. The minimum Gasteiger partial charge on any atom is -0.331 e. The summed E-state index contributed by atoms with van der Waals surface area (Å²) in [6.07, 6.45) is 1.64. The van der Waals surface area contributed by atoms with Gasteiger partial charge in [0.15, 0.2) is 5.13 Å². The monoisotopic (exact) mass is 332 g/mol. The number of nitrogens with zero attached hydrogens (tertiary/aromatic N) is 3. The van der Waals surface area contributed by atoms with Crippen molar-refractivity contribution in [3.05, 3.63) is 24.3 Å². The van der Waals surface area contributed by atoms with Crippen molar-refractivity contribution < 1.29 is 9.59 Å². The fraction of sp³-hybridized carbons (Fsp3) is 0.438. The summed E-state index contributed by atoms with van der Waals surface area (Å²) in [4.78, 5) is 32.3. The molecule has 0 aliphatic carbocycles. The normalized spacial score (nSPS) is 18.0. The lowest BCUT2D eigenvalue weighted by Gasteiger charge is -2.33. The molecule has 1 aromatic heterocycles. The predicted octanol–water partition coefficient (Wildman–Crippen LogP) is 2.63. The molecule has 122 valence electrons. The van der Waals surface area contributed by atoms with Crippen molar-refractivity contribution in [2.24, 2.45) is 5.92 Å². The summed E-state index contributed by atoms with van der Waals surface area (Å²) in [7, 11) is 3.46. The van der Waals surface area contributed by atoms with E-state index in [9.17, 15) is 9.59 Å². The largest absolute Gasteiger partial charge is 0.331 e.